The summed E-state index contributed by atoms with van der Waals surface area (Å²) in [6, 6.07) is 17.8. The molecule has 0 saturated heterocycles. The van der Waals surface area contributed by atoms with E-state index in [-0.39, 0.29) is 11.2 Å². The topological polar surface area (TPSA) is 108 Å². The molecule has 2 N–H and O–H groups in total. The predicted molar refractivity (Wildman–Crippen MR) is 126 cm³/mol. The number of hydrogen-bond acceptors (Lipinski definition) is 9. The minimum absolute atomic E-state index is 0.135. The third kappa shape index (κ3) is 4.50. The first-order valence-corrected chi connectivity index (χ1v) is 10.8. The van der Waals surface area contributed by atoms with Gasteiger partial charge in [0.25, 0.3) is 0 Å². The van der Waals surface area contributed by atoms with Gasteiger partial charge in [0, 0.05) is 25.3 Å². The molecule has 4 aromatic rings. The van der Waals surface area contributed by atoms with Crippen LogP contribution in [-0.4, -0.2) is 50.9 Å². The fraction of sp³-hybridized carbons (Fsp3) is 0.227. The lowest BCUT2D eigenvalue weighted by Gasteiger charge is -2.15. The van der Waals surface area contributed by atoms with Gasteiger partial charge in [-0.3, -0.25) is 4.57 Å². The Morgan fingerprint density at radius 1 is 1.00 bits per heavy atom. The van der Waals surface area contributed by atoms with E-state index in [1.165, 1.54) is 11.8 Å². The summed E-state index contributed by atoms with van der Waals surface area (Å²) in [7, 11) is 5.37. The van der Waals surface area contributed by atoms with Crippen LogP contribution in [-0.2, 0) is 0 Å². The number of aromatic nitrogens is 6. The van der Waals surface area contributed by atoms with E-state index in [0.29, 0.717) is 22.8 Å². The van der Waals surface area contributed by atoms with Crippen molar-refractivity contribution in [2.75, 3.05) is 31.8 Å². The molecule has 0 aliphatic heterocycles. The number of benzene rings is 2. The Bertz CT molecular complexity index is 1210. The van der Waals surface area contributed by atoms with Gasteiger partial charge < -0.3 is 15.4 Å². The summed E-state index contributed by atoms with van der Waals surface area (Å²) >= 11 is 1.50. The van der Waals surface area contributed by atoms with E-state index in [0.717, 1.165) is 17.0 Å². The predicted octanol–water partition coefficient (Wildman–Crippen LogP) is 3.63. The van der Waals surface area contributed by atoms with Gasteiger partial charge in [-0.15, -0.1) is 10.2 Å². The molecule has 0 aliphatic rings. The maximum absolute atomic E-state index is 5.91. The number of rotatable bonds is 7. The molecule has 0 fully saturated rings. The molecule has 164 valence electrons. The molecule has 2 aromatic heterocycles. The number of thioether (sulfide) groups is 1. The van der Waals surface area contributed by atoms with E-state index in [4.69, 9.17) is 10.5 Å². The second kappa shape index (κ2) is 9.23. The molecule has 2 aromatic carbocycles. The number of anilines is 2. The maximum atomic E-state index is 5.91. The smallest absolute Gasteiger partial charge is 0.229 e. The minimum atomic E-state index is -0.135. The van der Waals surface area contributed by atoms with Gasteiger partial charge in [-0.05, 0) is 31.2 Å². The summed E-state index contributed by atoms with van der Waals surface area (Å²) in [5.74, 6) is 2.75. The van der Waals surface area contributed by atoms with E-state index < -0.39 is 0 Å². The third-order valence-corrected chi connectivity index (χ3v) is 5.72. The van der Waals surface area contributed by atoms with Crippen LogP contribution in [0.2, 0.25) is 0 Å². The summed E-state index contributed by atoms with van der Waals surface area (Å²) in [5.41, 5.74) is 7.77. The van der Waals surface area contributed by atoms with Gasteiger partial charge in [-0.25, -0.2) is 0 Å². The van der Waals surface area contributed by atoms with Crippen molar-refractivity contribution in [3.63, 3.8) is 0 Å². The Morgan fingerprint density at radius 3 is 2.50 bits per heavy atom. The molecular weight excluding hydrogens is 424 g/mol. The fourth-order valence-electron chi connectivity index (χ4n) is 3.10. The zero-order valence-electron chi connectivity index (χ0n) is 18.3. The quantitative estimate of drug-likeness (QED) is 0.424. The fourth-order valence-corrected chi connectivity index (χ4v) is 4.01. The lowest BCUT2D eigenvalue weighted by Crippen LogP contribution is -2.16. The van der Waals surface area contributed by atoms with Crippen LogP contribution in [0.4, 0.5) is 11.9 Å². The molecule has 1 unspecified atom stereocenters. The lowest BCUT2D eigenvalue weighted by molar-refractivity contribution is 0.415. The molecule has 2 heterocycles. The highest BCUT2D eigenvalue weighted by Gasteiger charge is 2.21. The molecule has 0 amide bonds. The molecule has 9 nitrogen and oxygen atoms in total. The van der Waals surface area contributed by atoms with Crippen LogP contribution in [0.25, 0.3) is 17.1 Å². The second-order valence-corrected chi connectivity index (χ2v) is 8.52. The number of ether oxygens (including phenoxy) is 1. The number of para-hydroxylation sites is 1. The molecule has 10 heteroatoms. The monoisotopic (exact) mass is 448 g/mol. The standard InChI is InChI=1S/C22H24N8OS/c1-14(18-24-20(23)26-21(25-18)29(2)3)32-22-28-27-19(15-9-8-12-17(13-15)31-4)30(22)16-10-6-5-7-11-16/h5-14H,1-4H3,(H2,23,24,25,26). The van der Waals surface area contributed by atoms with Crippen molar-refractivity contribution in [2.45, 2.75) is 17.3 Å². The Kier molecular flexibility index (Phi) is 6.22. The molecular formula is C22H24N8OS. The van der Waals surface area contributed by atoms with E-state index in [1.807, 2.05) is 80.2 Å². The Balaban J connectivity index is 1.76. The Morgan fingerprint density at radius 2 is 1.78 bits per heavy atom. The van der Waals surface area contributed by atoms with E-state index >= 15 is 0 Å². The van der Waals surface area contributed by atoms with Crippen molar-refractivity contribution >= 4 is 23.7 Å². The summed E-state index contributed by atoms with van der Waals surface area (Å²) < 4.78 is 7.41. The average Bonchev–Trinajstić information content (AvgIpc) is 3.22. The molecule has 1 atom stereocenters. The van der Waals surface area contributed by atoms with Crippen LogP contribution >= 0.6 is 11.8 Å². The van der Waals surface area contributed by atoms with Gasteiger partial charge >= 0.3 is 0 Å². The third-order valence-electron chi connectivity index (χ3n) is 4.68. The van der Waals surface area contributed by atoms with Crippen LogP contribution < -0.4 is 15.4 Å². The van der Waals surface area contributed by atoms with Crippen molar-refractivity contribution in [1.82, 2.24) is 29.7 Å². The molecule has 32 heavy (non-hydrogen) atoms. The van der Waals surface area contributed by atoms with Crippen LogP contribution in [0.15, 0.2) is 59.8 Å². The highest BCUT2D eigenvalue weighted by atomic mass is 32.2. The van der Waals surface area contributed by atoms with Crippen molar-refractivity contribution in [1.29, 1.82) is 0 Å². The summed E-state index contributed by atoms with van der Waals surface area (Å²) in [6.07, 6.45) is 0. The van der Waals surface area contributed by atoms with Crippen molar-refractivity contribution in [3.8, 4) is 22.8 Å². The van der Waals surface area contributed by atoms with Crippen molar-refractivity contribution < 1.29 is 4.74 Å². The van der Waals surface area contributed by atoms with E-state index in [9.17, 15) is 0 Å². The highest BCUT2D eigenvalue weighted by Crippen LogP contribution is 2.36. The average molecular weight is 449 g/mol. The van der Waals surface area contributed by atoms with Crippen molar-refractivity contribution in [2.24, 2.45) is 0 Å². The Hall–Kier alpha value is -3.66. The molecule has 4 rings (SSSR count). The second-order valence-electron chi connectivity index (χ2n) is 7.22. The SMILES string of the molecule is COc1cccc(-c2nnc(SC(C)c3nc(N)nc(N(C)C)n3)n2-c2ccccc2)c1. The van der Waals surface area contributed by atoms with Crippen LogP contribution in [0.3, 0.4) is 0 Å². The number of nitrogens with zero attached hydrogens (tertiary/aromatic N) is 7. The first-order valence-electron chi connectivity index (χ1n) is 9.97. The lowest BCUT2D eigenvalue weighted by atomic mass is 10.2. The van der Waals surface area contributed by atoms with Crippen LogP contribution in [0, 0.1) is 0 Å². The summed E-state index contributed by atoms with van der Waals surface area (Å²) in [4.78, 5) is 14.9. The number of hydrogen-bond donors (Lipinski definition) is 1. The van der Waals surface area contributed by atoms with Crippen LogP contribution in [0.1, 0.15) is 18.0 Å². The normalized spacial score (nSPS) is 11.9. The summed E-state index contributed by atoms with van der Waals surface area (Å²) in [6.45, 7) is 2.01. The van der Waals surface area contributed by atoms with Crippen LogP contribution in [0.5, 0.6) is 5.75 Å². The van der Waals surface area contributed by atoms with Gasteiger partial charge in [0.1, 0.15) is 11.6 Å². The molecule has 0 bridgehead atoms. The van der Waals surface area contributed by atoms with Gasteiger partial charge in [-0.1, -0.05) is 42.1 Å². The maximum Gasteiger partial charge on any atom is 0.229 e. The van der Waals surface area contributed by atoms with E-state index in [2.05, 4.69) is 25.1 Å². The van der Waals surface area contributed by atoms with Gasteiger partial charge in [0.2, 0.25) is 11.9 Å². The molecule has 0 radical (unpaired) electrons. The van der Waals surface area contributed by atoms with Crippen molar-refractivity contribution in [3.05, 3.63) is 60.4 Å². The zero-order chi connectivity index (χ0) is 22.7. The van der Waals surface area contributed by atoms with E-state index in [1.54, 1.807) is 12.0 Å². The number of nitrogen functional groups attached to an aromatic ring is 1. The highest BCUT2D eigenvalue weighted by molar-refractivity contribution is 7.99. The van der Waals surface area contributed by atoms with Gasteiger partial charge in [-0.2, -0.15) is 15.0 Å². The van der Waals surface area contributed by atoms with Gasteiger partial charge in [0.05, 0.1) is 12.4 Å². The largest absolute Gasteiger partial charge is 0.497 e. The number of methoxy groups -OCH3 is 1. The first kappa shape index (κ1) is 21.6. The Labute approximate surface area is 190 Å². The number of nitrogens with two attached hydrogens (primary N) is 1. The molecule has 0 spiro atoms. The zero-order valence-corrected chi connectivity index (χ0v) is 19.1. The molecule has 0 aliphatic carbocycles. The first-order chi connectivity index (χ1) is 15.5. The minimum Gasteiger partial charge on any atom is -0.497 e. The molecule has 0 saturated carbocycles. The summed E-state index contributed by atoms with van der Waals surface area (Å²) in [5, 5.41) is 9.57. The van der Waals surface area contributed by atoms with Gasteiger partial charge in [0.15, 0.2) is 11.0 Å².